The molecule has 9 heteroatoms. The van der Waals surface area contributed by atoms with E-state index in [0.717, 1.165) is 19.3 Å². The summed E-state index contributed by atoms with van der Waals surface area (Å²) < 4.78 is 22.8. The number of phosphoric acid groups is 1. The third kappa shape index (κ3) is 18.8. The Kier molecular flexibility index (Phi) is 17.3. The van der Waals surface area contributed by atoms with Crippen molar-refractivity contribution in [1.29, 1.82) is 0 Å². The Morgan fingerprint density at radius 3 is 2.25 bits per heavy atom. The number of aliphatic hydroxyl groups excluding tert-OH is 1. The van der Waals surface area contributed by atoms with Crippen LogP contribution in [0.4, 0.5) is 0 Å². The average Bonchev–Trinajstić information content (AvgIpc) is 2.68. The van der Waals surface area contributed by atoms with Gasteiger partial charge in [0.1, 0.15) is 13.2 Å². The second-order valence-corrected chi connectivity index (χ2v) is 10.8. The van der Waals surface area contributed by atoms with Crippen LogP contribution < -0.4 is 5.32 Å². The van der Waals surface area contributed by atoms with Crippen LogP contribution in [0, 0.1) is 0 Å². The number of rotatable bonds is 20. The summed E-state index contributed by atoms with van der Waals surface area (Å²) in [6, 6.07) is -0.832. The number of nitrogens with zero attached hydrogens (tertiary/aromatic N) is 1. The quantitative estimate of drug-likeness (QED) is 0.105. The second kappa shape index (κ2) is 17.7. The van der Waals surface area contributed by atoms with Crippen molar-refractivity contribution in [3.05, 3.63) is 12.2 Å². The molecule has 0 saturated heterocycles. The van der Waals surface area contributed by atoms with Crippen molar-refractivity contribution < 1.29 is 32.9 Å². The number of carbonyl (C=O) groups is 1. The number of allylic oxidation sites excluding steroid dienone is 1. The number of likely N-dealkylation sites (N-methyl/N-ethyl adjacent to an activating group) is 1. The van der Waals surface area contributed by atoms with E-state index < -0.39 is 20.0 Å². The average molecular weight is 480 g/mol. The van der Waals surface area contributed by atoms with Gasteiger partial charge in [-0.3, -0.25) is 13.8 Å². The predicted molar refractivity (Wildman–Crippen MR) is 129 cm³/mol. The molecule has 1 amide bonds. The zero-order valence-corrected chi connectivity index (χ0v) is 21.8. The Balaban J connectivity index is 4.58. The van der Waals surface area contributed by atoms with Crippen molar-refractivity contribution in [1.82, 2.24) is 5.32 Å². The number of nitrogens with one attached hydrogen (secondary N) is 1. The Hall–Kier alpha value is -0.760. The Morgan fingerprint density at radius 2 is 1.66 bits per heavy atom. The lowest BCUT2D eigenvalue weighted by atomic mass is 10.1. The lowest BCUT2D eigenvalue weighted by Gasteiger charge is -2.25. The molecule has 32 heavy (non-hydrogen) atoms. The van der Waals surface area contributed by atoms with E-state index in [1.807, 2.05) is 34.1 Å². The van der Waals surface area contributed by atoms with Crippen molar-refractivity contribution in [3.8, 4) is 0 Å². The highest BCUT2D eigenvalue weighted by Gasteiger charge is 2.27. The minimum absolute atomic E-state index is 0.0606. The molecule has 3 atom stereocenters. The van der Waals surface area contributed by atoms with Crippen molar-refractivity contribution in [2.75, 3.05) is 40.9 Å². The van der Waals surface area contributed by atoms with Gasteiger partial charge in [0.2, 0.25) is 5.91 Å². The molecule has 0 aromatic heterocycles. The molecule has 0 heterocycles. The first kappa shape index (κ1) is 31.2. The highest BCUT2D eigenvalue weighted by Crippen LogP contribution is 2.43. The molecule has 3 N–H and O–H groups in total. The summed E-state index contributed by atoms with van der Waals surface area (Å²) in [4.78, 5) is 21.9. The number of aliphatic hydroxyl groups is 1. The molecule has 0 aliphatic rings. The number of phosphoric ester groups is 1. The molecular formula is C23H48N2O6P+. The molecule has 0 rings (SSSR count). The Bertz CT molecular complexity index is 565. The van der Waals surface area contributed by atoms with Gasteiger partial charge in [0, 0.05) is 6.42 Å². The summed E-state index contributed by atoms with van der Waals surface area (Å²) >= 11 is 0. The Labute approximate surface area is 195 Å². The largest absolute Gasteiger partial charge is 0.472 e. The molecule has 0 radical (unpaired) electrons. The molecule has 0 bridgehead atoms. The fraction of sp³-hybridized carbons (Fsp3) is 0.870. The first-order valence-electron chi connectivity index (χ1n) is 12.1. The lowest BCUT2D eigenvalue weighted by molar-refractivity contribution is -0.870. The Morgan fingerprint density at radius 1 is 1.03 bits per heavy atom. The predicted octanol–water partition coefficient (Wildman–Crippen LogP) is 4.17. The van der Waals surface area contributed by atoms with Crippen LogP contribution in [0.1, 0.15) is 78.1 Å². The molecule has 190 valence electrons. The molecule has 0 aliphatic carbocycles. The van der Waals surface area contributed by atoms with Gasteiger partial charge < -0.3 is 19.8 Å². The van der Waals surface area contributed by atoms with Gasteiger partial charge >= 0.3 is 7.82 Å². The summed E-state index contributed by atoms with van der Waals surface area (Å²) in [7, 11) is 1.56. The van der Waals surface area contributed by atoms with Gasteiger partial charge in [0.05, 0.1) is 39.9 Å². The molecule has 8 nitrogen and oxygen atoms in total. The van der Waals surface area contributed by atoms with Gasteiger partial charge in [-0.05, 0) is 19.3 Å². The van der Waals surface area contributed by atoms with Crippen LogP contribution in [0.2, 0.25) is 0 Å². The standard InChI is InChI=1S/C23H47N2O6P/c1-6-8-9-10-11-12-13-14-15-17-22(26)21(24-23(27)16-7-2)20-31-32(28,29)30-19-18-25(3,4)5/h15,17,21-22,26H,6-14,16,18-20H2,1-5H3,(H-,24,27,28,29)/p+1/b17-15+. The number of carbonyl (C=O) groups excluding carboxylic acids is 1. The first-order chi connectivity index (χ1) is 15.0. The highest BCUT2D eigenvalue weighted by atomic mass is 31.2. The molecule has 0 aliphatic heterocycles. The SMILES string of the molecule is CCCCCCCCC/C=C/C(O)C(COP(=O)(O)OCC[N+](C)(C)C)NC(=O)CCC. The minimum atomic E-state index is -4.28. The van der Waals surface area contributed by atoms with E-state index in [4.69, 9.17) is 9.05 Å². The number of hydrogen-bond donors (Lipinski definition) is 3. The summed E-state index contributed by atoms with van der Waals surface area (Å²) in [6.07, 6.45) is 12.8. The number of hydrogen-bond acceptors (Lipinski definition) is 5. The van der Waals surface area contributed by atoms with Gasteiger partial charge in [0.25, 0.3) is 0 Å². The van der Waals surface area contributed by atoms with E-state index >= 15 is 0 Å². The topological polar surface area (TPSA) is 105 Å². The van der Waals surface area contributed by atoms with Crippen molar-refractivity contribution in [3.63, 3.8) is 0 Å². The zero-order chi connectivity index (χ0) is 24.5. The van der Waals surface area contributed by atoms with Gasteiger partial charge in [-0.2, -0.15) is 0 Å². The highest BCUT2D eigenvalue weighted by molar-refractivity contribution is 7.47. The second-order valence-electron chi connectivity index (χ2n) is 9.36. The van der Waals surface area contributed by atoms with Crippen molar-refractivity contribution >= 4 is 13.7 Å². The maximum Gasteiger partial charge on any atom is 0.472 e. The smallest absolute Gasteiger partial charge is 0.387 e. The molecule has 0 aromatic rings. The van der Waals surface area contributed by atoms with Crippen LogP contribution in [0.25, 0.3) is 0 Å². The van der Waals surface area contributed by atoms with Crippen molar-refractivity contribution in [2.45, 2.75) is 90.2 Å². The van der Waals surface area contributed by atoms with E-state index in [1.54, 1.807) is 6.08 Å². The maximum absolute atomic E-state index is 12.2. The maximum atomic E-state index is 12.2. The summed E-state index contributed by atoms with van der Waals surface area (Å²) in [6.45, 7) is 4.36. The summed E-state index contributed by atoms with van der Waals surface area (Å²) in [5.74, 6) is -0.237. The van der Waals surface area contributed by atoms with Gasteiger partial charge in [0.15, 0.2) is 0 Å². The van der Waals surface area contributed by atoms with E-state index in [-0.39, 0.29) is 19.1 Å². The fourth-order valence-electron chi connectivity index (χ4n) is 2.96. The third-order valence-corrected chi connectivity index (χ3v) is 5.96. The third-order valence-electron chi connectivity index (χ3n) is 4.98. The fourth-order valence-corrected chi connectivity index (χ4v) is 3.70. The van der Waals surface area contributed by atoms with E-state index in [1.165, 1.54) is 32.1 Å². The van der Waals surface area contributed by atoms with Crippen LogP contribution in [0.15, 0.2) is 12.2 Å². The van der Waals surface area contributed by atoms with E-state index in [2.05, 4.69) is 12.2 Å². The molecule has 0 spiro atoms. The van der Waals surface area contributed by atoms with Crippen LogP contribution in [0.3, 0.4) is 0 Å². The van der Waals surface area contributed by atoms with Gasteiger partial charge in [-0.1, -0.05) is 64.5 Å². The number of quaternary nitrogens is 1. The molecule has 0 aromatic carbocycles. The van der Waals surface area contributed by atoms with Crippen LogP contribution in [0.5, 0.6) is 0 Å². The van der Waals surface area contributed by atoms with Crippen molar-refractivity contribution in [2.24, 2.45) is 0 Å². The molecule has 0 fully saturated rings. The molecule has 3 unspecified atom stereocenters. The molecule has 0 saturated carbocycles. The summed E-state index contributed by atoms with van der Waals surface area (Å²) in [5.41, 5.74) is 0. The number of amides is 1. The van der Waals surface area contributed by atoms with Gasteiger partial charge in [-0.15, -0.1) is 0 Å². The summed E-state index contributed by atoms with van der Waals surface area (Å²) in [5, 5.41) is 13.2. The number of unbranched alkanes of at least 4 members (excludes halogenated alkanes) is 7. The lowest BCUT2D eigenvalue weighted by Crippen LogP contribution is -2.45. The van der Waals surface area contributed by atoms with Gasteiger partial charge in [-0.25, -0.2) is 4.57 Å². The van der Waals surface area contributed by atoms with Crippen LogP contribution in [-0.2, 0) is 18.4 Å². The normalized spacial score (nSPS) is 16.1. The van der Waals surface area contributed by atoms with Crippen LogP contribution >= 0.6 is 7.82 Å². The monoisotopic (exact) mass is 479 g/mol. The first-order valence-corrected chi connectivity index (χ1v) is 13.6. The molecular weight excluding hydrogens is 431 g/mol. The minimum Gasteiger partial charge on any atom is -0.387 e. The van der Waals surface area contributed by atoms with E-state index in [9.17, 15) is 19.4 Å². The van der Waals surface area contributed by atoms with Crippen LogP contribution in [-0.4, -0.2) is 73.4 Å². The van der Waals surface area contributed by atoms with E-state index in [0.29, 0.717) is 23.9 Å². The zero-order valence-electron chi connectivity index (χ0n) is 20.9.